The van der Waals surface area contributed by atoms with Gasteiger partial charge in [-0.2, -0.15) is 8.75 Å². The maximum absolute atomic E-state index is 13.3. The molecular weight excluding hydrogens is 487 g/mol. The fourth-order valence-corrected chi connectivity index (χ4v) is 8.59. The Morgan fingerprint density at radius 1 is 1.21 bits per heavy atom. The van der Waals surface area contributed by atoms with E-state index in [0.717, 1.165) is 17.3 Å². The van der Waals surface area contributed by atoms with Crippen molar-refractivity contribution in [1.29, 1.82) is 0 Å². The summed E-state index contributed by atoms with van der Waals surface area (Å²) in [5.74, 6) is -5.24. The molecule has 3 aromatic rings. The van der Waals surface area contributed by atoms with E-state index in [1.165, 1.54) is 18.2 Å². The zero-order valence-corrected chi connectivity index (χ0v) is 20.5. The van der Waals surface area contributed by atoms with Crippen molar-refractivity contribution in [2.75, 3.05) is 6.16 Å². The standard InChI is InChI=1S/C20H25N4O6PS2/c1-12(2)19(24-33(29,30)17-8-4-7-16-18(17)23-32-22-16)31(27,28)11-15(20(25)26)14-6-3-5-13(9-14)10-21/h3-9,12,15,19,24H,10-11,21H2,1-2H3,(H,25,26)(H,27,28)/p-1/t15-,19+/m0/s1. The summed E-state index contributed by atoms with van der Waals surface area (Å²) in [6.07, 6.45) is -0.802. The molecule has 0 spiro atoms. The summed E-state index contributed by atoms with van der Waals surface area (Å²) >= 11 is 0.841. The number of carboxylic acid groups (broad SMARTS) is 1. The average molecular weight is 512 g/mol. The second kappa shape index (κ2) is 9.96. The zero-order chi connectivity index (χ0) is 24.4. The summed E-state index contributed by atoms with van der Waals surface area (Å²) in [5.41, 5.74) is 5.26. The Morgan fingerprint density at radius 3 is 2.55 bits per heavy atom. The van der Waals surface area contributed by atoms with Crippen molar-refractivity contribution < 1.29 is 33.5 Å². The fraction of sp³-hybridized carbons (Fsp3) is 0.350. The third kappa shape index (κ3) is 5.65. The van der Waals surface area contributed by atoms with Gasteiger partial charge in [-0.25, -0.2) is 13.1 Å². The summed E-state index contributed by atoms with van der Waals surface area (Å²) in [4.78, 5) is 25.0. The number of hydrogen-bond donors (Lipinski definition) is 2. The Bertz CT molecular complexity index is 1310. The molecule has 0 bridgehead atoms. The first-order valence-electron chi connectivity index (χ1n) is 10.1. The quantitative estimate of drug-likeness (QED) is 0.353. The highest BCUT2D eigenvalue weighted by Gasteiger charge is 2.34. The smallest absolute Gasteiger partial charge is 0.243 e. The molecule has 0 radical (unpaired) electrons. The Hall–Kier alpha value is -2.21. The number of carboxylic acids is 1. The van der Waals surface area contributed by atoms with E-state index in [1.54, 1.807) is 38.1 Å². The average Bonchev–Trinajstić information content (AvgIpc) is 3.24. The molecule has 10 nitrogen and oxygen atoms in total. The first-order chi connectivity index (χ1) is 15.5. The minimum Gasteiger partial charge on any atom is -0.798 e. The monoisotopic (exact) mass is 511 g/mol. The molecule has 1 unspecified atom stereocenters. The number of aromatic nitrogens is 2. The number of aliphatic carboxylic acids is 1. The van der Waals surface area contributed by atoms with Crippen LogP contribution in [0.25, 0.3) is 11.0 Å². The molecule has 1 heterocycles. The topological polar surface area (TPSA) is 180 Å². The minimum absolute atomic E-state index is 0.135. The van der Waals surface area contributed by atoms with E-state index in [4.69, 9.17) is 0 Å². The van der Waals surface area contributed by atoms with Crippen molar-refractivity contribution in [3.63, 3.8) is 0 Å². The van der Waals surface area contributed by atoms with Crippen LogP contribution in [-0.2, 0) is 25.9 Å². The summed E-state index contributed by atoms with van der Waals surface area (Å²) in [7, 11) is -8.94. The molecule has 1 aromatic heterocycles. The third-order valence-electron chi connectivity index (χ3n) is 5.23. The second-order valence-corrected chi connectivity index (χ2v) is 12.6. The molecule has 3 rings (SSSR count). The van der Waals surface area contributed by atoms with Crippen LogP contribution in [0.1, 0.15) is 30.9 Å². The Morgan fingerprint density at radius 2 is 1.91 bits per heavy atom. The van der Waals surface area contributed by atoms with Crippen LogP contribution < -0.4 is 20.5 Å². The number of benzene rings is 2. The first-order valence-corrected chi connectivity index (χ1v) is 14.2. The normalized spacial score (nSPS) is 15.9. The van der Waals surface area contributed by atoms with Crippen molar-refractivity contribution in [3.05, 3.63) is 53.6 Å². The van der Waals surface area contributed by atoms with Crippen molar-refractivity contribution in [3.8, 4) is 0 Å². The first kappa shape index (κ1) is 25.4. The Labute approximate surface area is 195 Å². The SMILES string of the molecule is CC(C)[C@H](NS(=O)(=O)c1cccc2nsnc12)P(=O)([O-])C[C@H](C(=O)[O-])c1cccc(C[NH3+])c1. The number of carbonyl (C=O) groups excluding carboxylic acids is 1. The number of nitrogens with one attached hydrogen (secondary N) is 1. The molecular formula is C20H24N4O6PS2-. The predicted molar refractivity (Wildman–Crippen MR) is 120 cm³/mol. The van der Waals surface area contributed by atoms with E-state index in [0.29, 0.717) is 12.1 Å². The van der Waals surface area contributed by atoms with Crippen LogP contribution in [0.5, 0.6) is 0 Å². The zero-order valence-electron chi connectivity index (χ0n) is 18.0. The lowest BCUT2D eigenvalue weighted by molar-refractivity contribution is -0.386. The maximum Gasteiger partial charge on any atom is 0.243 e. The van der Waals surface area contributed by atoms with Gasteiger partial charge in [0.15, 0.2) is 0 Å². The molecule has 4 N–H and O–H groups in total. The van der Waals surface area contributed by atoms with Gasteiger partial charge < -0.3 is 25.1 Å². The van der Waals surface area contributed by atoms with E-state index in [-0.39, 0.29) is 16.0 Å². The summed E-state index contributed by atoms with van der Waals surface area (Å²) in [6.45, 7) is 3.48. The number of hydrogen-bond acceptors (Lipinski definition) is 9. The minimum atomic E-state index is -4.63. The van der Waals surface area contributed by atoms with Crippen LogP contribution in [0.4, 0.5) is 0 Å². The lowest BCUT2D eigenvalue weighted by Gasteiger charge is -2.38. The molecule has 13 heteroatoms. The molecule has 178 valence electrons. The van der Waals surface area contributed by atoms with E-state index < -0.39 is 47.1 Å². The van der Waals surface area contributed by atoms with Gasteiger partial charge in [-0.1, -0.05) is 38.1 Å². The molecule has 0 aliphatic heterocycles. The predicted octanol–water partition coefficient (Wildman–Crippen LogP) is -0.134. The summed E-state index contributed by atoms with van der Waals surface area (Å²) in [6, 6.07) is 10.8. The maximum atomic E-state index is 13.3. The molecule has 0 aliphatic carbocycles. The van der Waals surface area contributed by atoms with Crippen molar-refractivity contribution in [1.82, 2.24) is 13.5 Å². The van der Waals surface area contributed by atoms with Gasteiger partial charge in [0, 0.05) is 31.0 Å². The summed E-state index contributed by atoms with van der Waals surface area (Å²) < 4.78 is 49.8. The van der Waals surface area contributed by atoms with Gasteiger partial charge in [0.2, 0.25) is 10.0 Å². The van der Waals surface area contributed by atoms with Crippen LogP contribution in [0.2, 0.25) is 0 Å². The summed E-state index contributed by atoms with van der Waals surface area (Å²) in [5, 5.41) is 11.9. The number of fused-ring (bicyclic) bond motifs is 1. The van der Waals surface area contributed by atoms with Crippen LogP contribution in [0, 0.1) is 5.92 Å². The second-order valence-electron chi connectivity index (χ2n) is 7.97. The number of carbonyl (C=O) groups is 1. The van der Waals surface area contributed by atoms with Gasteiger partial charge in [-0.05, 0) is 29.7 Å². The van der Waals surface area contributed by atoms with Crippen LogP contribution in [0.3, 0.4) is 0 Å². The number of sulfonamides is 1. The van der Waals surface area contributed by atoms with Gasteiger partial charge in [0.25, 0.3) is 0 Å². The Balaban J connectivity index is 1.95. The highest BCUT2D eigenvalue weighted by molar-refractivity contribution is 7.90. The molecule has 0 aliphatic rings. The molecule has 33 heavy (non-hydrogen) atoms. The van der Waals surface area contributed by atoms with E-state index >= 15 is 0 Å². The highest BCUT2D eigenvalue weighted by Crippen LogP contribution is 2.48. The molecule has 0 fully saturated rings. The third-order valence-corrected chi connectivity index (χ3v) is 9.87. The van der Waals surface area contributed by atoms with Crippen LogP contribution >= 0.6 is 19.1 Å². The lowest BCUT2D eigenvalue weighted by Crippen LogP contribution is -2.47. The van der Waals surface area contributed by atoms with Crippen molar-refractivity contribution in [2.45, 2.75) is 37.0 Å². The van der Waals surface area contributed by atoms with Crippen molar-refractivity contribution in [2.24, 2.45) is 5.92 Å². The van der Waals surface area contributed by atoms with Crippen LogP contribution in [-0.4, -0.2) is 35.1 Å². The van der Waals surface area contributed by atoms with Gasteiger partial charge in [-0.15, -0.1) is 0 Å². The van der Waals surface area contributed by atoms with Gasteiger partial charge in [0.05, 0.1) is 24.1 Å². The highest BCUT2D eigenvalue weighted by atomic mass is 32.2. The van der Waals surface area contributed by atoms with E-state index in [9.17, 15) is 27.8 Å². The largest absolute Gasteiger partial charge is 0.798 e. The number of rotatable bonds is 10. The lowest BCUT2D eigenvalue weighted by atomic mass is 9.99. The van der Waals surface area contributed by atoms with Gasteiger partial charge >= 0.3 is 0 Å². The fourth-order valence-electron chi connectivity index (χ4n) is 3.54. The number of quaternary nitrogens is 1. The van der Waals surface area contributed by atoms with Gasteiger partial charge in [0.1, 0.15) is 15.9 Å². The van der Waals surface area contributed by atoms with Crippen LogP contribution in [0.15, 0.2) is 47.4 Å². The molecule has 3 atom stereocenters. The molecule has 0 saturated heterocycles. The van der Waals surface area contributed by atoms with E-state index in [1.807, 2.05) is 0 Å². The molecule has 0 amide bonds. The number of nitrogens with zero attached hydrogens (tertiary/aromatic N) is 2. The molecule has 2 aromatic carbocycles. The Kier molecular flexibility index (Phi) is 7.67. The molecule has 0 saturated carbocycles. The van der Waals surface area contributed by atoms with E-state index in [2.05, 4.69) is 19.2 Å². The van der Waals surface area contributed by atoms with Gasteiger partial charge in [-0.3, -0.25) is 0 Å². The van der Waals surface area contributed by atoms with Crippen molar-refractivity contribution >= 4 is 46.1 Å².